The summed E-state index contributed by atoms with van der Waals surface area (Å²) in [6.07, 6.45) is 0.532. The molecule has 0 aliphatic carbocycles. The number of sulfone groups is 1. The highest BCUT2D eigenvalue weighted by Gasteiger charge is 2.31. The van der Waals surface area contributed by atoms with Gasteiger partial charge in [0.2, 0.25) is 5.91 Å². The normalized spacial score (nSPS) is 36.6. The molecule has 0 aromatic carbocycles. The first kappa shape index (κ1) is 12.8. The van der Waals surface area contributed by atoms with Crippen LogP contribution in [-0.2, 0) is 14.6 Å². The molecule has 3 N–H and O–H groups in total. The molecule has 0 aromatic rings. The number of carbonyl (C=O) groups is 1. The number of nitrogens with one attached hydrogen (secondary N) is 3. The van der Waals surface area contributed by atoms with E-state index in [1.807, 2.05) is 6.92 Å². The van der Waals surface area contributed by atoms with Crippen LogP contribution < -0.4 is 16.0 Å². The molecule has 0 saturated carbocycles. The van der Waals surface area contributed by atoms with E-state index in [0.29, 0.717) is 19.0 Å². The lowest BCUT2D eigenvalue weighted by molar-refractivity contribution is -0.124. The van der Waals surface area contributed by atoms with Crippen LogP contribution in [0.25, 0.3) is 0 Å². The van der Waals surface area contributed by atoms with E-state index >= 15 is 0 Å². The van der Waals surface area contributed by atoms with Crippen LogP contribution >= 0.6 is 0 Å². The highest BCUT2D eigenvalue weighted by atomic mass is 32.2. The molecule has 2 fully saturated rings. The van der Waals surface area contributed by atoms with Gasteiger partial charge in [0, 0.05) is 25.2 Å². The maximum atomic E-state index is 11.9. The molecule has 3 atom stereocenters. The van der Waals surface area contributed by atoms with Gasteiger partial charge in [-0.05, 0) is 13.3 Å². The second-order valence-corrected chi connectivity index (χ2v) is 7.11. The topological polar surface area (TPSA) is 87.3 Å². The van der Waals surface area contributed by atoms with E-state index in [1.165, 1.54) is 0 Å². The predicted molar refractivity (Wildman–Crippen MR) is 64.5 cm³/mol. The average molecular weight is 261 g/mol. The molecule has 6 nitrogen and oxygen atoms in total. The fraction of sp³-hybridized carbons (Fsp3) is 0.900. The van der Waals surface area contributed by atoms with Gasteiger partial charge in [-0.15, -0.1) is 0 Å². The zero-order chi connectivity index (χ0) is 12.5. The molecule has 2 heterocycles. The van der Waals surface area contributed by atoms with Crippen LogP contribution in [0, 0.1) is 0 Å². The van der Waals surface area contributed by atoms with Crippen molar-refractivity contribution in [3.8, 4) is 0 Å². The Hall–Kier alpha value is -0.660. The van der Waals surface area contributed by atoms with Crippen LogP contribution in [0.4, 0.5) is 0 Å². The van der Waals surface area contributed by atoms with Gasteiger partial charge in [-0.1, -0.05) is 0 Å². The summed E-state index contributed by atoms with van der Waals surface area (Å²) >= 11 is 0. The third-order valence-electron chi connectivity index (χ3n) is 3.24. The van der Waals surface area contributed by atoms with Gasteiger partial charge in [-0.2, -0.15) is 0 Å². The first-order valence-electron chi connectivity index (χ1n) is 5.94. The fourth-order valence-corrected chi connectivity index (χ4v) is 3.85. The fourth-order valence-electron chi connectivity index (χ4n) is 2.18. The summed E-state index contributed by atoms with van der Waals surface area (Å²) in [6, 6.07) is -0.103. The lowest BCUT2D eigenvalue weighted by Gasteiger charge is -2.29. The smallest absolute Gasteiger partial charge is 0.238 e. The third kappa shape index (κ3) is 3.40. The predicted octanol–water partition coefficient (Wildman–Crippen LogP) is -1.76. The first-order valence-corrected chi connectivity index (χ1v) is 7.76. The number of rotatable bonds is 2. The highest BCUT2D eigenvalue weighted by molar-refractivity contribution is 7.91. The maximum Gasteiger partial charge on any atom is 0.238 e. The van der Waals surface area contributed by atoms with Gasteiger partial charge < -0.3 is 16.0 Å². The molecule has 7 heteroatoms. The minimum atomic E-state index is -2.93. The van der Waals surface area contributed by atoms with Gasteiger partial charge in [-0.25, -0.2) is 8.42 Å². The Balaban J connectivity index is 1.82. The standard InChI is InChI=1S/C10H19N3O3S/c1-7-4-12-9(5-11-7)10(14)13-8-2-3-17(15,16)6-8/h7-9,11-12H,2-6H2,1H3,(H,13,14). The number of hydrogen-bond donors (Lipinski definition) is 3. The Labute approximate surface area is 101 Å². The summed E-state index contributed by atoms with van der Waals surface area (Å²) in [4.78, 5) is 11.9. The van der Waals surface area contributed by atoms with E-state index in [1.54, 1.807) is 0 Å². The minimum Gasteiger partial charge on any atom is -0.351 e. The molecule has 0 aromatic heterocycles. The van der Waals surface area contributed by atoms with Crippen molar-refractivity contribution >= 4 is 15.7 Å². The molecule has 3 unspecified atom stereocenters. The number of piperazine rings is 1. The zero-order valence-electron chi connectivity index (χ0n) is 9.90. The Kier molecular flexibility index (Phi) is 3.70. The first-order chi connectivity index (χ1) is 7.96. The Bertz CT molecular complexity index is 388. The van der Waals surface area contributed by atoms with E-state index in [4.69, 9.17) is 0 Å². The minimum absolute atomic E-state index is 0.0787. The van der Waals surface area contributed by atoms with Gasteiger partial charge >= 0.3 is 0 Å². The summed E-state index contributed by atoms with van der Waals surface area (Å²) in [5.74, 6) is 0.159. The van der Waals surface area contributed by atoms with Crippen molar-refractivity contribution in [2.45, 2.75) is 31.5 Å². The molecule has 0 spiro atoms. The van der Waals surface area contributed by atoms with Gasteiger partial charge in [0.05, 0.1) is 17.5 Å². The van der Waals surface area contributed by atoms with Crippen molar-refractivity contribution in [2.24, 2.45) is 0 Å². The number of carbonyl (C=O) groups excluding carboxylic acids is 1. The van der Waals surface area contributed by atoms with Gasteiger partial charge in [0.15, 0.2) is 9.84 Å². The molecule has 0 bridgehead atoms. The van der Waals surface area contributed by atoms with Gasteiger partial charge in [0.25, 0.3) is 0 Å². The molecule has 2 rings (SSSR count). The monoisotopic (exact) mass is 261 g/mol. The van der Waals surface area contributed by atoms with Crippen molar-refractivity contribution in [3.05, 3.63) is 0 Å². The van der Waals surface area contributed by atoms with Crippen molar-refractivity contribution in [1.29, 1.82) is 0 Å². The van der Waals surface area contributed by atoms with Crippen LogP contribution in [0.5, 0.6) is 0 Å². The van der Waals surface area contributed by atoms with E-state index in [9.17, 15) is 13.2 Å². The molecule has 0 radical (unpaired) electrons. The summed E-state index contributed by atoms with van der Waals surface area (Å²) in [5.41, 5.74) is 0. The molecule has 2 aliphatic heterocycles. The molecular formula is C10H19N3O3S. The molecule has 17 heavy (non-hydrogen) atoms. The summed E-state index contributed by atoms with van der Waals surface area (Å²) in [7, 11) is -2.93. The quantitative estimate of drug-likeness (QED) is 0.548. The lowest BCUT2D eigenvalue weighted by Crippen LogP contribution is -2.60. The molecule has 2 saturated heterocycles. The third-order valence-corrected chi connectivity index (χ3v) is 5.00. The van der Waals surface area contributed by atoms with Crippen LogP contribution in [0.3, 0.4) is 0 Å². The van der Waals surface area contributed by atoms with Crippen molar-refractivity contribution in [1.82, 2.24) is 16.0 Å². The Morgan fingerprint density at radius 3 is 2.59 bits per heavy atom. The van der Waals surface area contributed by atoms with Crippen LogP contribution in [0.15, 0.2) is 0 Å². The highest BCUT2D eigenvalue weighted by Crippen LogP contribution is 2.11. The summed E-state index contributed by atoms with van der Waals surface area (Å²) in [5, 5.41) is 9.15. The molecule has 2 aliphatic rings. The SMILES string of the molecule is CC1CNC(C(=O)NC2CCS(=O)(=O)C2)CN1. The average Bonchev–Trinajstić information content (AvgIpc) is 2.59. The zero-order valence-corrected chi connectivity index (χ0v) is 10.7. The second kappa shape index (κ2) is 4.91. The second-order valence-electron chi connectivity index (χ2n) is 4.88. The maximum absolute atomic E-state index is 11.9. The Morgan fingerprint density at radius 1 is 1.29 bits per heavy atom. The van der Waals surface area contributed by atoms with Crippen LogP contribution in [-0.4, -0.2) is 57.0 Å². The van der Waals surface area contributed by atoms with E-state index in [0.717, 1.165) is 6.54 Å². The Morgan fingerprint density at radius 2 is 2.06 bits per heavy atom. The van der Waals surface area contributed by atoms with Gasteiger partial charge in [0.1, 0.15) is 0 Å². The van der Waals surface area contributed by atoms with Crippen molar-refractivity contribution < 1.29 is 13.2 Å². The number of amides is 1. The summed E-state index contributed by atoms with van der Waals surface area (Å²) < 4.78 is 22.5. The van der Waals surface area contributed by atoms with E-state index < -0.39 is 9.84 Å². The molecular weight excluding hydrogens is 242 g/mol. The largest absolute Gasteiger partial charge is 0.351 e. The molecule has 1 amide bonds. The van der Waals surface area contributed by atoms with Crippen LogP contribution in [0.2, 0.25) is 0 Å². The molecule has 98 valence electrons. The van der Waals surface area contributed by atoms with Crippen molar-refractivity contribution in [3.63, 3.8) is 0 Å². The number of hydrogen-bond acceptors (Lipinski definition) is 5. The van der Waals surface area contributed by atoms with E-state index in [2.05, 4.69) is 16.0 Å². The summed E-state index contributed by atoms with van der Waals surface area (Å²) in [6.45, 7) is 3.39. The van der Waals surface area contributed by atoms with Crippen LogP contribution in [0.1, 0.15) is 13.3 Å². The lowest BCUT2D eigenvalue weighted by atomic mass is 10.1. The van der Waals surface area contributed by atoms with Gasteiger partial charge in [-0.3, -0.25) is 4.79 Å². The van der Waals surface area contributed by atoms with E-state index in [-0.39, 0.29) is 29.5 Å². The van der Waals surface area contributed by atoms with Crippen molar-refractivity contribution in [2.75, 3.05) is 24.6 Å².